The van der Waals surface area contributed by atoms with Crippen LogP contribution in [0.25, 0.3) is 0 Å². The van der Waals surface area contributed by atoms with Crippen LogP contribution < -0.4 is 11.1 Å². The lowest BCUT2D eigenvalue weighted by atomic mass is 9.96. The van der Waals surface area contributed by atoms with E-state index in [-0.39, 0.29) is 5.91 Å². The summed E-state index contributed by atoms with van der Waals surface area (Å²) in [7, 11) is 0. The van der Waals surface area contributed by atoms with Crippen molar-refractivity contribution in [2.75, 3.05) is 6.54 Å². The first-order valence-corrected chi connectivity index (χ1v) is 6.49. The Morgan fingerprint density at radius 2 is 1.88 bits per heavy atom. The third-order valence-corrected chi connectivity index (χ3v) is 2.80. The van der Waals surface area contributed by atoms with Crippen LogP contribution in [0.1, 0.15) is 59.8 Å². The van der Waals surface area contributed by atoms with E-state index in [0.29, 0.717) is 5.92 Å². The van der Waals surface area contributed by atoms with E-state index in [1.165, 1.54) is 32.1 Å². The van der Waals surface area contributed by atoms with Gasteiger partial charge in [-0.25, -0.2) is 0 Å². The summed E-state index contributed by atoms with van der Waals surface area (Å²) >= 11 is 0. The molecular weight excluding hydrogens is 200 g/mol. The van der Waals surface area contributed by atoms with Crippen LogP contribution >= 0.6 is 0 Å². The normalized spacial score (nSPS) is 13.6. The minimum absolute atomic E-state index is 0.0508. The Morgan fingerprint density at radius 3 is 2.31 bits per heavy atom. The number of nitrogens with one attached hydrogen (secondary N) is 1. The number of hydrogen-bond acceptors (Lipinski definition) is 2. The van der Waals surface area contributed by atoms with Gasteiger partial charge < -0.3 is 11.1 Å². The second kappa shape index (κ2) is 7.66. The monoisotopic (exact) mass is 228 g/mol. The van der Waals surface area contributed by atoms with Gasteiger partial charge in [0.25, 0.3) is 0 Å². The van der Waals surface area contributed by atoms with E-state index in [9.17, 15) is 4.79 Å². The molecule has 96 valence electrons. The summed E-state index contributed by atoms with van der Waals surface area (Å²) in [5.74, 6) is 0.557. The van der Waals surface area contributed by atoms with Crippen LogP contribution in [-0.2, 0) is 4.79 Å². The van der Waals surface area contributed by atoms with Crippen molar-refractivity contribution >= 4 is 5.91 Å². The highest BCUT2D eigenvalue weighted by atomic mass is 16.2. The van der Waals surface area contributed by atoms with Gasteiger partial charge >= 0.3 is 0 Å². The zero-order valence-corrected chi connectivity index (χ0v) is 11.3. The zero-order chi connectivity index (χ0) is 12.6. The summed E-state index contributed by atoms with van der Waals surface area (Å²) in [5, 5.41) is 2.95. The number of rotatable bonds is 8. The van der Waals surface area contributed by atoms with Crippen molar-refractivity contribution in [2.24, 2.45) is 11.7 Å². The Hall–Kier alpha value is -0.570. The molecule has 3 N–H and O–H groups in total. The van der Waals surface area contributed by atoms with E-state index in [4.69, 9.17) is 5.73 Å². The summed E-state index contributed by atoms with van der Waals surface area (Å²) in [5.41, 5.74) is 4.96. The van der Waals surface area contributed by atoms with Gasteiger partial charge in [-0.15, -0.1) is 0 Å². The fourth-order valence-electron chi connectivity index (χ4n) is 1.71. The summed E-state index contributed by atoms with van der Waals surface area (Å²) in [4.78, 5) is 11.6. The van der Waals surface area contributed by atoms with E-state index in [2.05, 4.69) is 19.2 Å². The Labute approximate surface area is 100 Å². The molecule has 0 saturated heterocycles. The van der Waals surface area contributed by atoms with Crippen molar-refractivity contribution < 1.29 is 4.79 Å². The summed E-state index contributed by atoms with van der Waals surface area (Å²) in [6.07, 6.45) is 6.03. The second-order valence-electron chi connectivity index (χ2n) is 5.23. The van der Waals surface area contributed by atoms with Gasteiger partial charge in [-0.2, -0.15) is 0 Å². The fraction of sp³-hybridized carbons (Fsp3) is 0.923. The summed E-state index contributed by atoms with van der Waals surface area (Å²) < 4.78 is 0. The number of carbonyl (C=O) groups excluding carboxylic acids is 1. The molecule has 0 rings (SSSR count). The predicted octanol–water partition coefficient (Wildman–Crippen LogP) is 2.45. The second-order valence-corrected chi connectivity index (χ2v) is 5.23. The van der Waals surface area contributed by atoms with Crippen LogP contribution in [0.15, 0.2) is 0 Å². The van der Waals surface area contributed by atoms with Gasteiger partial charge in [-0.05, 0) is 32.6 Å². The van der Waals surface area contributed by atoms with Gasteiger partial charge in [0, 0.05) is 6.54 Å². The van der Waals surface area contributed by atoms with Crippen LogP contribution in [0.3, 0.4) is 0 Å². The van der Waals surface area contributed by atoms with E-state index < -0.39 is 5.54 Å². The maximum atomic E-state index is 11.6. The molecule has 0 fully saturated rings. The predicted molar refractivity (Wildman–Crippen MR) is 69.2 cm³/mol. The number of unbranched alkanes of at least 4 members (excludes halogenated alkanes) is 1. The smallest absolute Gasteiger partial charge is 0.239 e. The Kier molecular flexibility index (Phi) is 7.39. The van der Waals surface area contributed by atoms with E-state index in [1.54, 1.807) is 13.8 Å². The maximum absolute atomic E-state index is 11.6. The van der Waals surface area contributed by atoms with Gasteiger partial charge in [-0.1, -0.05) is 33.1 Å². The number of nitrogens with two attached hydrogens (primary N) is 1. The molecule has 0 aromatic rings. The molecule has 0 heterocycles. The minimum atomic E-state index is -0.762. The molecule has 1 atom stereocenters. The van der Waals surface area contributed by atoms with Crippen molar-refractivity contribution in [1.29, 1.82) is 0 Å². The van der Waals surface area contributed by atoms with Gasteiger partial charge in [0.05, 0.1) is 5.54 Å². The highest BCUT2D eigenvalue weighted by Crippen LogP contribution is 2.14. The molecule has 0 saturated carbocycles. The van der Waals surface area contributed by atoms with Crippen LogP contribution in [0.5, 0.6) is 0 Å². The van der Waals surface area contributed by atoms with Crippen molar-refractivity contribution in [1.82, 2.24) is 5.32 Å². The van der Waals surface area contributed by atoms with Gasteiger partial charge in [-0.3, -0.25) is 4.79 Å². The molecule has 0 radical (unpaired) electrons. The number of carbonyl (C=O) groups is 1. The molecule has 3 nitrogen and oxygen atoms in total. The fourth-order valence-corrected chi connectivity index (χ4v) is 1.71. The molecule has 0 aliphatic rings. The SMILES string of the molecule is CCCCC(CCC)CNC(=O)C(C)(C)N. The van der Waals surface area contributed by atoms with Crippen LogP contribution in [0.2, 0.25) is 0 Å². The molecule has 1 amide bonds. The Morgan fingerprint density at radius 1 is 1.25 bits per heavy atom. The third kappa shape index (κ3) is 6.83. The number of hydrogen-bond donors (Lipinski definition) is 2. The minimum Gasteiger partial charge on any atom is -0.354 e. The van der Waals surface area contributed by atoms with E-state index >= 15 is 0 Å². The quantitative estimate of drug-likeness (QED) is 0.670. The number of amides is 1. The maximum Gasteiger partial charge on any atom is 0.239 e. The van der Waals surface area contributed by atoms with Gasteiger partial charge in [0.1, 0.15) is 0 Å². The van der Waals surface area contributed by atoms with Crippen molar-refractivity contribution in [2.45, 2.75) is 65.3 Å². The molecule has 0 aromatic carbocycles. The lowest BCUT2D eigenvalue weighted by molar-refractivity contribution is -0.125. The lowest BCUT2D eigenvalue weighted by Gasteiger charge is -2.21. The lowest BCUT2D eigenvalue weighted by Crippen LogP contribution is -2.50. The molecule has 1 unspecified atom stereocenters. The summed E-state index contributed by atoms with van der Waals surface area (Å²) in [6.45, 7) is 8.64. The van der Waals surface area contributed by atoms with Crippen LogP contribution in [0, 0.1) is 5.92 Å². The Balaban J connectivity index is 3.96. The topological polar surface area (TPSA) is 55.1 Å². The van der Waals surface area contributed by atoms with E-state index in [0.717, 1.165) is 6.54 Å². The first kappa shape index (κ1) is 15.4. The standard InChI is InChI=1S/C13H28N2O/c1-5-7-9-11(8-6-2)10-15-12(16)13(3,4)14/h11H,5-10,14H2,1-4H3,(H,15,16). The van der Waals surface area contributed by atoms with Crippen LogP contribution in [0.4, 0.5) is 0 Å². The van der Waals surface area contributed by atoms with E-state index in [1.807, 2.05) is 0 Å². The highest BCUT2D eigenvalue weighted by Gasteiger charge is 2.22. The largest absolute Gasteiger partial charge is 0.354 e. The van der Waals surface area contributed by atoms with Gasteiger partial charge in [0.15, 0.2) is 0 Å². The van der Waals surface area contributed by atoms with Gasteiger partial charge in [0.2, 0.25) is 5.91 Å². The van der Waals surface area contributed by atoms with Crippen molar-refractivity contribution in [3.63, 3.8) is 0 Å². The molecular formula is C13H28N2O. The average Bonchev–Trinajstić information content (AvgIpc) is 2.20. The third-order valence-electron chi connectivity index (χ3n) is 2.80. The average molecular weight is 228 g/mol. The zero-order valence-electron chi connectivity index (χ0n) is 11.3. The molecule has 0 bridgehead atoms. The Bertz CT molecular complexity index is 197. The first-order chi connectivity index (χ1) is 7.41. The summed E-state index contributed by atoms with van der Waals surface area (Å²) in [6, 6.07) is 0. The molecule has 0 aromatic heterocycles. The first-order valence-electron chi connectivity index (χ1n) is 6.49. The molecule has 0 aliphatic heterocycles. The molecule has 16 heavy (non-hydrogen) atoms. The van der Waals surface area contributed by atoms with Crippen molar-refractivity contribution in [3.05, 3.63) is 0 Å². The van der Waals surface area contributed by atoms with Crippen molar-refractivity contribution in [3.8, 4) is 0 Å². The molecule has 0 aliphatic carbocycles. The van der Waals surface area contributed by atoms with Crippen LogP contribution in [-0.4, -0.2) is 18.0 Å². The molecule has 3 heteroatoms. The molecule has 0 spiro atoms. The highest BCUT2D eigenvalue weighted by molar-refractivity contribution is 5.84.